The van der Waals surface area contributed by atoms with E-state index in [1.165, 1.54) is 24.3 Å². The number of benzene rings is 3. The summed E-state index contributed by atoms with van der Waals surface area (Å²) in [5.41, 5.74) is 0.161. The van der Waals surface area contributed by atoms with E-state index < -0.39 is 45.6 Å². The summed E-state index contributed by atoms with van der Waals surface area (Å²) < 4.78 is 74.6. The van der Waals surface area contributed by atoms with Crippen molar-refractivity contribution < 1.29 is 36.4 Å². The summed E-state index contributed by atoms with van der Waals surface area (Å²) in [6, 6.07) is 8.92. The molecule has 0 radical (unpaired) electrons. The minimum Gasteiger partial charge on any atom is -0.378 e. The highest BCUT2D eigenvalue weighted by molar-refractivity contribution is 7.80. The summed E-state index contributed by atoms with van der Waals surface area (Å²) in [7, 11) is 0. The molecule has 1 amide bonds. The first-order valence-electron chi connectivity index (χ1n) is 13.5. The molecule has 45 heavy (non-hydrogen) atoms. The SMILES string of the molecule is O=C(NC(=S)Nc1ccc(N2CCN(c3c(F)c(F)c(F)c(F)c3F)CC2)c(Cl)c1)c1ccc(N2CCOCC2)c([N+](=O)[O-])c1. The van der Waals surface area contributed by atoms with Crippen molar-refractivity contribution in [2.75, 3.05) is 72.5 Å². The lowest BCUT2D eigenvalue weighted by molar-refractivity contribution is -0.384. The summed E-state index contributed by atoms with van der Waals surface area (Å²) in [6.45, 7) is 2.07. The molecule has 238 valence electrons. The second kappa shape index (κ2) is 13.4. The Labute approximate surface area is 263 Å². The summed E-state index contributed by atoms with van der Waals surface area (Å²) in [5.74, 6) is -10.7. The van der Waals surface area contributed by atoms with Crippen LogP contribution in [0.15, 0.2) is 36.4 Å². The monoisotopic (exact) mass is 670 g/mol. The number of nitrogens with zero attached hydrogens (tertiary/aromatic N) is 4. The second-order valence-electron chi connectivity index (χ2n) is 10.0. The molecule has 0 bridgehead atoms. The summed E-state index contributed by atoms with van der Waals surface area (Å²) in [6.07, 6.45) is 0. The molecule has 2 aliphatic heterocycles. The number of hydrogen-bond acceptors (Lipinski definition) is 8. The van der Waals surface area contributed by atoms with Crippen molar-refractivity contribution in [2.45, 2.75) is 0 Å². The number of carbonyl (C=O) groups is 1. The third kappa shape index (κ3) is 6.72. The van der Waals surface area contributed by atoms with Gasteiger partial charge in [0.25, 0.3) is 11.6 Å². The predicted octanol–water partition coefficient (Wildman–Crippen LogP) is 5.23. The van der Waals surface area contributed by atoms with E-state index in [1.54, 1.807) is 17.0 Å². The van der Waals surface area contributed by atoms with Crippen molar-refractivity contribution in [1.82, 2.24) is 5.32 Å². The van der Waals surface area contributed by atoms with Gasteiger partial charge in [0.05, 0.1) is 28.8 Å². The fourth-order valence-electron chi connectivity index (χ4n) is 5.10. The van der Waals surface area contributed by atoms with Crippen LogP contribution >= 0.6 is 23.8 Å². The van der Waals surface area contributed by atoms with Gasteiger partial charge in [0.2, 0.25) is 5.82 Å². The first-order chi connectivity index (χ1) is 21.5. The molecule has 10 nitrogen and oxygen atoms in total. The van der Waals surface area contributed by atoms with Crippen molar-refractivity contribution in [3.8, 4) is 0 Å². The standard InChI is InChI=1S/C28H24ClF5N6O4S/c29-17-14-16(2-4-18(17)37-5-7-39(8-6-37)26-24(33)22(31)21(30)23(32)25(26)34)35-28(45)36-27(41)15-1-3-19(20(13-15)40(42)43)38-9-11-44-12-10-38/h1-4,13-14H,5-12H2,(H2,35,36,41,45). The Balaban J connectivity index is 1.20. The normalized spacial score (nSPS) is 15.2. The number of piperazine rings is 1. The van der Waals surface area contributed by atoms with E-state index in [-0.39, 0.29) is 47.6 Å². The molecule has 2 heterocycles. The first kappa shape index (κ1) is 32.1. The molecule has 2 saturated heterocycles. The summed E-state index contributed by atoms with van der Waals surface area (Å²) in [4.78, 5) is 28.7. The molecule has 0 saturated carbocycles. The van der Waals surface area contributed by atoms with Gasteiger partial charge >= 0.3 is 0 Å². The van der Waals surface area contributed by atoms with Gasteiger partial charge in [-0.3, -0.25) is 20.2 Å². The molecule has 2 fully saturated rings. The van der Waals surface area contributed by atoms with Crippen LogP contribution in [0, 0.1) is 39.2 Å². The van der Waals surface area contributed by atoms with E-state index in [1.807, 2.05) is 4.90 Å². The largest absolute Gasteiger partial charge is 0.378 e. The van der Waals surface area contributed by atoms with Crippen LogP contribution in [-0.2, 0) is 4.74 Å². The number of thiocarbonyl (C=S) groups is 1. The highest BCUT2D eigenvalue weighted by Crippen LogP contribution is 2.34. The number of anilines is 4. The number of nitrogens with one attached hydrogen (secondary N) is 2. The average Bonchev–Trinajstić information content (AvgIpc) is 3.03. The second-order valence-corrected chi connectivity index (χ2v) is 10.8. The van der Waals surface area contributed by atoms with Crippen LogP contribution in [0.4, 0.5) is 50.4 Å². The predicted molar refractivity (Wildman–Crippen MR) is 162 cm³/mol. The molecule has 0 aromatic heterocycles. The van der Waals surface area contributed by atoms with E-state index in [9.17, 15) is 36.9 Å². The number of nitro benzene ring substituents is 1. The number of hydrogen-bond donors (Lipinski definition) is 2. The molecule has 0 aliphatic carbocycles. The summed E-state index contributed by atoms with van der Waals surface area (Å²) in [5, 5.41) is 17.2. The molecule has 5 rings (SSSR count). The maximum atomic E-state index is 14.3. The summed E-state index contributed by atoms with van der Waals surface area (Å²) >= 11 is 11.7. The zero-order valence-electron chi connectivity index (χ0n) is 23.2. The molecule has 0 spiro atoms. The third-order valence-electron chi connectivity index (χ3n) is 7.34. The fraction of sp³-hybridized carbons (Fsp3) is 0.286. The van der Waals surface area contributed by atoms with Crippen LogP contribution < -0.4 is 25.3 Å². The lowest BCUT2D eigenvalue weighted by atomic mass is 10.1. The molecule has 2 aliphatic rings. The van der Waals surface area contributed by atoms with Gasteiger partial charge in [0.1, 0.15) is 11.4 Å². The Hall–Kier alpha value is -4.28. The zero-order chi connectivity index (χ0) is 32.4. The number of carbonyl (C=O) groups excluding carboxylic acids is 1. The van der Waals surface area contributed by atoms with Gasteiger partial charge in [-0.2, -0.15) is 0 Å². The molecule has 0 unspecified atom stereocenters. The van der Waals surface area contributed by atoms with Crippen molar-refractivity contribution in [1.29, 1.82) is 0 Å². The van der Waals surface area contributed by atoms with Crippen LogP contribution in [0.1, 0.15) is 10.4 Å². The van der Waals surface area contributed by atoms with E-state index in [0.29, 0.717) is 43.4 Å². The molecule has 3 aromatic rings. The van der Waals surface area contributed by atoms with E-state index in [4.69, 9.17) is 28.6 Å². The topological polar surface area (TPSA) is 103 Å². The van der Waals surface area contributed by atoms with Gasteiger partial charge in [-0.25, -0.2) is 22.0 Å². The Bertz CT molecular complexity index is 1640. The van der Waals surface area contributed by atoms with Crippen molar-refractivity contribution in [3.05, 3.63) is 86.2 Å². The molecule has 17 heteroatoms. The Morgan fingerprint density at radius 1 is 0.822 bits per heavy atom. The Morgan fingerprint density at radius 2 is 1.38 bits per heavy atom. The maximum absolute atomic E-state index is 14.3. The van der Waals surface area contributed by atoms with Crippen LogP contribution in [-0.4, -0.2) is 68.4 Å². The maximum Gasteiger partial charge on any atom is 0.293 e. The number of nitro groups is 1. The van der Waals surface area contributed by atoms with Gasteiger partial charge in [0.15, 0.2) is 28.4 Å². The number of rotatable bonds is 6. The molecule has 0 atom stereocenters. The number of amides is 1. The van der Waals surface area contributed by atoms with Crippen LogP contribution in [0.5, 0.6) is 0 Å². The zero-order valence-corrected chi connectivity index (χ0v) is 24.8. The van der Waals surface area contributed by atoms with Crippen molar-refractivity contribution in [2.24, 2.45) is 0 Å². The molecular weight excluding hydrogens is 647 g/mol. The van der Waals surface area contributed by atoms with Crippen molar-refractivity contribution in [3.63, 3.8) is 0 Å². The van der Waals surface area contributed by atoms with Gasteiger partial charge in [0, 0.05) is 56.6 Å². The Morgan fingerprint density at radius 3 is 1.98 bits per heavy atom. The van der Waals surface area contributed by atoms with Crippen LogP contribution in [0.3, 0.4) is 0 Å². The Kier molecular flexibility index (Phi) is 9.55. The van der Waals surface area contributed by atoms with E-state index in [2.05, 4.69) is 10.6 Å². The van der Waals surface area contributed by atoms with E-state index >= 15 is 0 Å². The van der Waals surface area contributed by atoms with Gasteiger partial charge in [-0.1, -0.05) is 11.6 Å². The highest BCUT2D eigenvalue weighted by Gasteiger charge is 2.31. The van der Waals surface area contributed by atoms with Gasteiger partial charge in [-0.15, -0.1) is 0 Å². The highest BCUT2D eigenvalue weighted by atomic mass is 35.5. The van der Waals surface area contributed by atoms with Gasteiger partial charge in [-0.05, 0) is 42.5 Å². The third-order valence-corrected chi connectivity index (χ3v) is 7.85. The molecule has 2 N–H and O–H groups in total. The van der Waals surface area contributed by atoms with Crippen LogP contribution in [0.2, 0.25) is 5.02 Å². The fourth-order valence-corrected chi connectivity index (χ4v) is 5.61. The quantitative estimate of drug-likeness (QED) is 0.0911. The van der Waals surface area contributed by atoms with Crippen molar-refractivity contribution >= 4 is 63.3 Å². The number of halogens is 6. The number of ether oxygens (including phenoxy) is 1. The lowest BCUT2D eigenvalue weighted by Gasteiger charge is -2.38. The molecule has 3 aromatic carbocycles. The lowest BCUT2D eigenvalue weighted by Crippen LogP contribution is -2.47. The first-order valence-corrected chi connectivity index (χ1v) is 14.3. The minimum absolute atomic E-state index is 0.0289. The average molecular weight is 671 g/mol. The minimum atomic E-state index is -2.21. The number of morpholine rings is 1. The molecular formula is C28H24ClF5N6O4S. The van der Waals surface area contributed by atoms with Gasteiger partial charge < -0.3 is 24.8 Å². The van der Waals surface area contributed by atoms with E-state index in [0.717, 1.165) is 4.90 Å². The smallest absolute Gasteiger partial charge is 0.293 e. The van der Waals surface area contributed by atoms with Crippen LogP contribution in [0.25, 0.3) is 0 Å².